The summed E-state index contributed by atoms with van der Waals surface area (Å²) in [5, 5.41) is 0. The molecule has 1 aliphatic heterocycles. The highest BCUT2D eigenvalue weighted by atomic mass is 28.3. The summed E-state index contributed by atoms with van der Waals surface area (Å²) in [5.74, 6) is -0.0282. The number of unbranched alkanes of at least 4 members (excludes halogenated alkanes) is 2. The molecule has 1 saturated heterocycles. The fourth-order valence-corrected chi connectivity index (χ4v) is 9.17. The number of hydrogen-bond acceptors (Lipinski definition) is 0. The largest absolute Gasteiger partial charge is 0.271 e. The van der Waals surface area contributed by atoms with Gasteiger partial charge in [-0.2, -0.15) is 8.78 Å². The summed E-state index contributed by atoms with van der Waals surface area (Å²) in [4.78, 5) is 0. The molecule has 0 aromatic heterocycles. The maximum Gasteiger partial charge on any atom is 0.271 e. The molecule has 2 fully saturated rings. The molecule has 2 aliphatic rings. The zero-order chi connectivity index (χ0) is 20.8. The van der Waals surface area contributed by atoms with E-state index in [1.165, 1.54) is 62.4 Å². The van der Waals surface area contributed by atoms with Gasteiger partial charge >= 0.3 is 0 Å². The Bertz CT molecular complexity index is 659. The van der Waals surface area contributed by atoms with Crippen LogP contribution in [0, 0.1) is 23.5 Å². The van der Waals surface area contributed by atoms with E-state index >= 15 is 0 Å². The highest BCUT2D eigenvalue weighted by Crippen LogP contribution is 2.44. The minimum atomic E-state index is -2.08. The maximum atomic E-state index is 14.1. The fourth-order valence-electron chi connectivity index (χ4n) is 5.64. The topological polar surface area (TPSA) is 0 Å². The Morgan fingerprint density at radius 3 is 2.07 bits per heavy atom. The molecule has 5 heteroatoms. The van der Waals surface area contributed by atoms with Crippen LogP contribution in [0.4, 0.5) is 17.6 Å². The Kier molecular flexibility index (Phi) is 8.40. The van der Waals surface area contributed by atoms with Crippen LogP contribution < -0.4 is 0 Å². The molecule has 1 heterocycles. The van der Waals surface area contributed by atoms with Crippen molar-refractivity contribution in [3.8, 4) is 0 Å². The maximum absolute atomic E-state index is 14.1. The molecule has 0 unspecified atom stereocenters. The van der Waals surface area contributed by atoms with Crippen molar-refractivity contribution in [2.24, 2.45) is 11.8 Å². The molecule has 1 aliphatic carbocycles. The van der Waals surface area contributed by atoms with Crippen molar-refractivity contribution in [3.05, 3.63) is 41.0 Å². The fraction of sp³-hybridized carbons (Fsp3) is 0.667. The number of benzene rings is 1. The summed E-state index contributed by atoms with van der Waals surface area (Å²) in [5.41, 5.74) is -0.01000. The van der Waals surface area contributed by atoms with E-state index in [1.54, 1.807) is 0 Å². The Morgan fingerprint density at radius 2 is 1.52 bits per heavy atom. The zero-order valence-electron chi connectivity index (χ0n) is 17.5. The second kappa shape index (κ2) is 10.8. The van der Waals surface area contributed by atoms with Crippen LogP contribution in [0.5, 0.6) is 0 Å². The summed E-state index contributed by atoms with van der Waals surface area (Å²) in [7, 11) is -0.480. The van der Waals surface area contributed by atoms with E-state index in [0.29, 0.717) is 5.56 Å². The van der Waals surface area contributed by atoms with Crippen LogP contribution in [0.1, 0.15) is 81.8 Å². The number of rotatable bonds is 7. The van der Waals surface area contributed by atoms with Crippen molar-refractivity contribution >= 4 is 14.9 Å². The van der Waals surface area contributed by atoms with Gasteiger partial charge in [-0.15, -0.1) is 0 Å². The minimum Gasteiger partial charge on any atom is -0.206 e. The second-order valence-electron chi connectivity index (χ2n) is 9.22. The Labute approximate surface area is 174 Å². The molecule has 0 bridgehead atoms. The van der Waals surface area contributed by atoms with Crippen LogP contribution in [-0.4, -0.2) is 8.80 Å². The first kappa shape index (κ1) is 22.6. The average Bonchev–Trinajstić information content (AvgIpc) is 2.71. The van der Waals surface area contributed by atoms with Crippen molar-refractivity contribution < 1.29 is 17.6 Å². The highest BCUT2D eigenvalue weighted by Gasteiger charge is 2.32. The molecule has 1 aromatic rings. The van der Waals surface area contributed by atoms with Crippen molar-refractivity contribution in [2.45, 2.75) is 88.8 Å². The van der Waals surface area contributed by atoms with Crippen molar-refractivity contribution in [1.82, 2.24) is 0 Å². The summed E-state index contributed by atoms with van der Waals surface area (Å²) in [6.45, 7) is 2.27. The molecule has 1 saturated carbocycles. The molecule has 0 amide bonds. The first-order valence-corrected chi connectivity index (χ1v) is 13.9. The molecular weight excluding hydrogens is 392 g/mol. The number of hydrogen-bond donors (Lipinski definition) is 0. The van der Waals surface area contributed by atoms with E-state index in [2.05, 4.69) is 6.92 Å². The smallest absolute Gasteiger partial charge is 0.206 e. The van der Waals surface area contributed by atoms with Gasteiger partial charge in [0.15, 0.2) is 0 Å². The van der Waals surface area contributed by atoms with E-state index in [-0.39, 0.29) is 12.0 Å². The Hall–Kier alpha value is -1.10. The van der Waals surface area contributed by atoms with Crippen LogP contribution in [0.25, 0.3) is 6.08 Å². The van der Waals surface area contributed by atoms with E-state index in [9.17, 15) is 17.6 Å². The Morgan fingerprint density at radius 1 is 0.931 bits per heavy atom. The normalized spacial score (nSPS) is 27.6. The third-order valence-corrected chi connectivity index (χ3v) is 10.9. The lowest BCUT2D eigenvalue weighted by Gasteiger charge is -2.37. The predicted molar refractivity (Wildman–Crippen MR) is 115 cm³/mol. The van der Waals surface area contributed by atoms with Crippen molar-refractivity contribution in [3.63, 3.8) is 0 Å². The highest BCUT2D eigenvalue weighted by molar-refractivity contribution is 6.58. The number of halogens is 4. The van der Waals surface area contributed by atoms with Gasteiger partial charge in [-0.25, -0.2) is 8.78 Å². The van der Waals surface area contributed by atoms with Gasteiger partial charge in [-0.3, -0.25) is 0 Å². The van der Waals surface area contributed by atoms with Gasteiger partial charge in [0.25, 0.3) is 6.08 Å². The summed E-state index contributed by atoms with van der Waals surface area (Å²) < 4.78 is 53.0. The van der Waals surface area contributed by atoms with Gasteiger partial charge in [0.1, 0.15) is 11.6 Å². The van der Waals surface area contributed by atoms with Gasteiger partial charge in [-0.05, 0) is 61.1 Å². The third-order valence-electron chi connectivity index (χ3n) is 7.37. The summed E-state index contributed by atoms with van der Waals surface area (Å²) >= 11 is 0. The van der Waals surface area contributed by atoms with E-state index in [1.807, 2.05) is 0 Å². The molecule has 0 N–H and O–H groups in total. The van der Waals surface area contributed by atoms with E-state index in [4.69, 9.17) is 0 Å². The lowest BCUT2D eigenvalue weighted by atomic mass is 9.72. The summed E-state index contributed by atoms with van der Waals surface area (Å²) in [6, 6.07) is 7.06. The second-order valence-corrected chi connectivity index (χ2v) is 12.7. The van der Waals surface area contributed by atoms with Gasteiger partial charge in [0.2, 0.25) is 0 Å². The van der Waals surface area contributed by atoms with Crippen LogP contribution in [0.3, 0.4) is 0 Å². The third kappa shape index (κ3) is 6.19. The van der Waals surface area contributed by atoms with E-state index < -0.39 is 32.1 Å². The lowest BCUT2D eigenvalue weighted by Crippen LogP contribution is -2.28. The van der Waals surface area contributed by atoms with Crippen LogP contribution in [0.15, 0.2) is 18.2 Å². The monoisotopic (exact) mass is 426 g/mol. The molecule has 162 valence electrons. The van der Waals surface area contributed by atoms with Gasteiger partial charge in [0.05, 0.1) is 5.56 Å². The molecule has 3 rings (SSSR count). The Balaban J connectivity index is 1.50. The molecule has 0 radical (unpaired) electrons. The van der Waals surface area contributed by atoms with Crippen LogP contribution >= 0.6 is 0 Å². The van der Waals surface area contributed by atoms with Crippen molar-refractivity contribution in [2.75, 3.05) is 0 Å². The van der Waals surface area contributed by atoms with E-state index in [0.717, 1.165) is 37.5 Å². The van der Waals surface area contributed by atoms with Gasteiger partial charge in [-0.1, -0.05) is 57.2 Å². The zero-order valence-corrected chi connectivity index (χ0v) is 18.7. The molecule has 1 aromatic carbocycles. The van der Waals surface area contributed by atoms with Gasteiger partial charge in [0, 0.05) is 14.9 Å². The molecular formula is C24H34F4Si. The first-order chi connectivity index (χ1) is 14.0. The first-order valence-electron chi connectivity index (χ1n) is 11.5. The molecule has 0 spiro atoms. The average molecular weight is 427 g/mol. The van der Waals surface area contributed by atoms with Crippen LogP contribution in [0.2, 0.25) is 18.1 Å². The molecule has 0 nitrogen and oxygen atoms in total. The standard InChI is InChI=1S/C24H34F4Si/c1-2-3-4-11-29-12-9-19(10-13-29)17-5-7-18(8-6-17)20-14-22(25)21(16-24(27)28)23(26)15-20/h14-19,29H,2-13H2,1H3. The molecule has 29 heavy (non-hydrogen) atoms. The predicted octanol–water partition coefficient (Wildman–Crippen LogP) is 8.30. The lowest BCUT2D eigenvalue weighted by molar-refractivity contribution is 0.216. The van der Waals surface area contributed by atoms with Crippen LogP contribution in [-0.2, 0) is 0 Å². The van der Waals surface area contributed by atoms with Gasteiger partial charge < -0.3 is 0 Å². The molecule has 0 atom stereocenters. The minimum absolute atomic E-state index is 0.142. The summed E-state index contributed by atoms with van der Waals surface area (Å²) in [6.07, 6.45) is 9.27. The van der Waals surface area contributed by atoms with Crippen molar-refractivity contribution in [1.29, 1.82) is 0 Å². The SMILES string of the molecule is CCCCC[SiH]1CCC(C2CCC(c3cc(F)c(C=C(F)F)c(F)c3)CC2)CC1. The quantitative estimate of drug-likeness (QED) is 0.234.